The van der Waals surface area contributed by atoms with E-state index < -0.39 is 5.72 Å². The van der Waals surface area contributed by atoms with Gasteiger partial charge in [-0.2, -0.15) is 0 Å². The standard InChI is InChI=1S/C24H22N4O3/c1-24-13-20(19-9-2-3-10-21(19)31-24)27-23(30)28(24)18-8-4-7-17(12-18)22(29)26-15-16-6-5-11-25-14-16/h2-12,14,20H,13,15H2,1H3,(H,26,29)(H,27,30)/t20-,24-/m1/s1. The van der Waals surface area contributed by atoms with E-state index >= 15 is 0 Å². The van der Waals surface area contributed by atoms with Crippen LogP contribution in [0.4, 0.5) is 10.5 Å². The lowest BCUT2D eigenvalue weighted by atomic mass is 9.90. The normalized spacial score (nSPS) is 21.5. The van der Waals surface area contributed by atoms with Gasteiger partial charge in [-0.1, -0.05) is 30.3 Å². The van der Waals surface area contributed by atoms with E-state index in [-0.39, 0.29) is 18.0 Å². The number of rotatable bonds is 4. The van der Waals surface area contributed by atoms with Crippen molar-refractivity contribution in [2.24, 2.45) is 0 Å². The van der Waals surface area contributed by atoms with Crippen LogP contribution in [0.5, 0.6) is 5.75 Å². The Bertz CT molecular complexity index is 1150. The number of para-hydroxylation sites is 1. The summed E-state index contributed by atoms with van der Waals surface area (Å²) >= 11 is 0. The number of anilines is 1. The van der Waals surface area contributed by atoms with Crippen molar-refractivity contribution >= 4 is 17.6 Å². The second kappa shape index (κ2) is 7.43. The minimum absolute atomic E-state index is 0.107. The highest BCUT2D eigenvalue weighted by Gasteiger charge is 2.49. The summed E-state index contributed by atoms with van der Waals surface area (Å²) in [5.41, 5.74) is 2.11. The van der Waals surface area contributed by atoms with Crippen molar-refractivity contribution in [2.75, 3.05) is 4.90 Å². The molecule has 7 heteroatoms. The van der Waals surface area contributed by atoms with Gasteiger partial charge in [0.05, 0.1) is 11.7 Å². The Kier molecular flexibility index (Phi) is 4.58. The monoisotopic (exact) mass is 414 g/mol. The number of carbonyl (C=O) groups excluding carboxylic acids is 2. The first-order chi connectivity index (χ1) is 15.0. The number of aromatic nitrogens is 1. The number of urea groups is 1. The lowest BCUT2D eigenvalue weighted by Gasteiger charge is -2.50. The Hall–Kier alpha value is -3.87. The first-order valence-electron chi connectivity index (χ1n) is 10.2. The van der Waals surface area contributed by atoms with Crippen LogP contribution in [0, 0.1) is 0 Å². The number of pyridine rings is 1. The van der Waals surface area contributed by atoms with Gasteiger partial charge in [0.2, 0.25) is 0 Å². The number of hydrogen-bond donors (Lipinski definition) is 2. The summed E-state index contributed by atoms with van der Waals surface area (Å²) in [6.07, 6.45) is 4.01. The highest BCUT2D eigenvalue weighted by Crippen LogP contribution is 2.45. The molecule has 2 aliphatic rings. The van der Waals surface area contributed by atoms with Crippen LogP contribution in [0.15, 0.2) is 73.1 Å². The molecule has 2 bridgehead atoms. The van der Waals surface area contributed by atoms with E-state index in [4.69, 9.17) is 4.74 Å². The lowest BCUT2D eigenvalue weighted by molar-refractivity contribution is 0.0378. The maximum Gasteiger partial charge on any atom is 0.325 e. The summed E-state index contributed by atoms with van der Waals surface area (Å²) in [4.78, 5) is 31.4. The molecule has 0 saturated carbocycles. The van der Waals surface area contributed by atoms with Gasteiger partial charge in [0.1, 0.15) is 5.75 Å². The van der Waals surface area contributed by atoms with Crippen molar-refractivity contribution in [2.45, 2.75) is 31.7 Å². The molecule has 156 valence electrons. The molecule has 1 saturated heterocycles. The van der Waals surface area contributed by atoms with E-state index in [1.165, 1.54) is 0 Å². The maximum absolute atomic E-state index is 13.0. The molecule has 0 unspecified atom stereocenters. The molecule has 5 rings (SSSR count). The van der Waals surface area contributed by atoms with Crippen molar-refractivity contribution in [3.05, 3.63) is 89.7 Å². The summed E-state index contributed by atoms with van der Waals surface area (Å²) in [7, 11) is 0. The van der Waals surface area contributed by atoms with Gasteiger partial charge < -0.3 is 15.4 Å². The fourth-order valence-electron chi connectivity index (χ4n) is 4.29. The van der Waals surface area contributed by atoms with E-state index in [0.717, 1.165) is 16.9 Å². The molecule has 2 atom stereocenters. The average molecular weight is 414 g/mol. The largest absolute Gasteiger partial charge is 0.467 e. The van der Waals surface area contributed by atoms with Crippen LogP contribution in [-0.2, 0) is 6.54 Å². The maximum atomic E-state index is 13.0. The second-order valence-electron chi connectivity index (χ2n) is 7.95. The van der Waals surface area contributed by atoms with Crippen LogP contribution in [0.2, 0.25) is 0 Å². The van der Waals surface area contributed by atoms with Crippen molar-refractivity contribution in [1.82, 2.24) is 15.6 Å². The fraction of sp³-hybridized carbons (Fsp3) is 0.208. The van der Waals surface area contributed by atoms with Gasteiger partial charge in [0.25, 0.3) is 5.91 Å². The smallest absolute Gasteiger partial charge is 0.325 e. The Morgan fingerprint density at radius 3 is 2.94 bits per heavy atom. The molecule has 7 nitrogen and oxygen atoms in total. The third-order valence-electron chi connectivity index (χ3n) is 5.72. The third kappa shape index (κ3) is 3.48. The minimum Gasteiger partial charge on any atom is -0.467 e. The highest BCUT2D eigenvalue weighted by atomic mass is 16.5. The first kappa shape index (κ1) is 19.1. The zero-order chi connectivity index (χ0) is 21.4. The molecule has 2 aromatic carbocycles. The molecule has 2 N–H and O–H groups in total. The Morgan fingerprint density at radius 2 is 2.10 bits per heavy atom. The van der Waals surface area contributed by atoms with Crippen molar-refractivity contribution in [3.8, 4) is 5.75 Å². The number of hydrogen-bond acceptors (Lipinski definition) is 4. The number of amides is 3. The molecule has 3 heterocycles. The van der Waals surface area contributed by atoms with Crippen LogP contribution in [0.3, 0.4) is 0 Å². The lowest BCUT2D eigenvalue weighted by Crippen LogP contribution is -2.65. The molecule has 0 spiro atoms. The molecular weight excluding hydrogens is 392 g/mol. The SMILES string of the molecule is C[C@@]12C[C@@H](NC(=O)N1c1cccc(C(=O)NCc3cccnc3)c1)c1ccccc1O2. The van der Waals surface area contributed by atoms with Crippen LogP contribution in [0.1, 0.15) is 40.9 Å². The van der Waals surface area contributed by atoms with Gasteiger partial charge in [0.15, 0.2) is 5.72 Å². The van der Waals surface area contributed by atoms with Crippen molar-refractivity contribution in [3.63, 3.8) is 0 Å². The summed E-state index contributed by atoms with van der Waals surface area (Å²) in [5, 5.41) is 5.97. The zero-order valence-electron chi connectivity index (χ0n) is 17.0. The topological polar surface area (TPSA) is 83.6 Å². The predicted octanol–water partition coefficient (Wildman–Crippen LogP) is 3.78. The van der Waals surface area contributed by atoms with E-state index in [1.54, 1.807) is 35.5 Å². The van der Waals surface area contributed by atoms with E-state index in [1.807, 2.05) is 49.4 Å². The van der Waals surface area contributed by atoms with Gasteiger partial charge in [0, 0.05) is 36.5 Å². The minimum atomic E-state index is -0.855. The van der Waals surface area contributed by atoms with Gasteiger partial charge in [-0.15, -0.1) is 0 Å². The number of carbonyl (C=O) groups is 2. The molecule has 3 amide bonds. The Balaban J connectivity index is 1.40. The molecule has 1 aromatic heterocycles. The average Bonchev–Trinajstić information content (AvgIpc) is 2.78. The Labute approximate surface area is 180 Å². The van der Waals surface area contributed by atoms with E-state index in [0.29, 0.717) is 24.2 Å². The number of nitrogens with one attached hydrogen (secondary N) is 2. The molecule has 31 heavy (non-hydrogen) atoms. The molecule has 2 aliphatic heterocycles. The third-order valence-corrected chi connectivity index (χ3v) is 5.72. The number of ether oxygens (including phenoxy) is 1. The quantitative estimate of drug-likeness (QED) is 0.681. The summed E-state index contributed by atoms with van der Waals surface area (Å²) in [5.74, 6) is 0.540. The fourth-order valence-corrected chi connectivity index (χ4v) is 4.29. The van der Waals surface area contributed by atoms with Crippen LogP contribution >= 0.6 is 0 Å². The summed E-state index contributed by atoms with van der Waals surface area (Å²) in [6.45, 7) is 2.28. The molecule has 0 aliphatic carbocycles. The zero-order valence-corrected chi connectivity index (χ0v) is 17.0. The predicted molar refractivity (Wildman–Crippen MR) is 116 cm³/mol. The number of benzene rings is 2. The number of fused-ring (bicyclic) bond motifs is 4. The van der Waals surface area contributed by atoms with Gasteiger partial charge in [-0.3, -0.25) is 14.7 Å². The van der Waals surface area contributed by atoms with Crippen LogP contribution in [-0.4, -0.2) is 22.6 Å². The van der Waals surface area contributed by atoms with Crippen molar-refractivity contribution < 1.29 is 14.3 Å². The molecule has 1 fully saturated rings. The highest BCUT2D eigenvalue weighted by molar-refractivity contribution is 5.98. The molecule has 3 aromatic rings. The van der Waals surface area contributed by atoms with E-state index in [9.17, 15) is 9.59 Å². The summed E-state index contributed by atoms with van der Waals surface area (Å²) in [6, 6.07) is 18.1. The summed E-state index contributed by atoms with van der Waals surface area (Å²) < 4.78 is 6.29. The Morgan fingerprint density at radius 1 is 1.23 bits per heavy atom. The number of nitrogens with zero attached hydrogens (tertiary/aromatic N) is 2. The van der Waals surface area contributed by atoms with Crippen molar-refractivity contribution in [1.29, 1.82) is 0 Å². The van der Waals surface area contributed by atoms with Gasteiger partial charge in [-0.25, -0.2) is 4.79 Å². The van der Waals surface area contributed by atoms with Gasteiger partial charge >= 0.3 is 6.03 Å². The van der Waals surface area contributed by atoms with Crippen LogP contribution < -0.4 is 20.3 Å². The van der Waals surface area contributed by atoms with E-state index in [2.05, 4.69) is 15.6 Å². The van der Waals surface area contributed by atoms with Gasteiger partial charge in [-0.05, 0) is 42.8 Å². The molecule has 0 radical (unpaired) electrons. The first-order valence-corrected chi connectivity index (χ1v) is 10.2. The van der Waals surface area contributed by atoms with Crippen LogP contribution in [0.25, 0.3) is 0 Å². The molecular formula is C24H22N4O3. The second-order valence-corrected chi connectivity index (χ2v) is 7.95.